The van der Waals surface area contributed by atoms with E-state index >= 15 is 0 Å². The smallest absolute Gasteiger partial charge is 0.289 e. The van der Waals surface area contributed by atoms with Crippen LogP contribution in [0.4, 0.5) is 0 Å². The number of amides is 1. The van der Waals surface area contributed by atoms with E-state index in [9.17, 15) is 9.90 Å². The van der Waals surface area contributed by atoms with Crippen molar-refractivity contribution in [1.82, 2.24) is 9.80 Å². The van der Waals surface area contributed by atoms with Crippen LogP contribution in [0.2, 0.25) is 0 Å². The van der Waals surface area contributed by atoms with Crippen molar-refractivity contribution in [1.29, 1.82) is 0 Å². The van der Waals surface area contributed by atoms with Crippen LogP contribution in [0, 0.1) is 5.92 Å². The largest absolute Gasteiger partial charge is 0.451 e. The van der Waals surface area contributed by atoms with E-state index in [1.807, 2.05) is 35.2 Å². The molecule has 2 aromatic rings. The summed E-state index contributed by atoms with van der Waals surface area (Å²) >= 11 is 0. The molecule has 1 aromatic carbocycles. The predicted octanol–water partition coefficient (Wildman–Crippen LogP) is 1.96. The van der Waals surface area contributed by atoms with Crippen LogP contribution < -0.4 is 0 Å². The molecular weight excluding hydrogens is 292 g/mol. The van der Waals surface area contributed by atoms with E-state index in [0.717, 1.165) is 43.4 Å². The first kappa shape index (κ1) is 14.7. The lowest BCUT2D eigenvalue weighted by Crippen LogP contribution is -2.50. The van der Waals surface area contributed by atoms with Crippen molar-refractivity contribution in [3.63, 3.8) is 0 Å². The molecule has 1 saturated heterocycles. The quantitative estimate of drug-likeness (QED) is 0.937. The number of benzene rings is 1. The van der Waals surface area contributed by atoms with Gasteiger partial charge >= 0.3 is 0 Å². The van der Waals surface area contributed by atoms with Gasteiger partial charge < -0.3 is 14.4 Å². The number of para-hydroxylation sites is 1. The molecule has 1 amide bonds. The van der Waals surface area contributed by atoms with E-state index in [1.165, 1.54) is 0 Å². The maximum atomic E-state index is 12.6. The van der Waals surface area contributed by atoms with Crippen molar-refractivity contribution < 1.29 is 14.3 Å². The summed E-state index contributed by atoms with van der Waals surface area (Å²) in [6.07, 6.45) is 2.12. The number of β-amino-alcohol motifs (C(OH)–C–C–N with tert-alkyl or cyclic N) is 1. The van der Waals surface area contributed by atoms with Gasteiger partial charge in [-0.15, -0.1) is 0 Å². The third-order valence-corrected chi connectivity index (χ3v) is 4.91. The molecule has 1 aliphatic carbocycles. The van der Waals surface area contributed by atoms with Crippen molar-refractivity contribution in [3.05, 3.63) is 36.1 Å². The number of fused-ring (bicyclic) bond motifs is 1. The third kappa shape index (κ3) is 3.12. The lowest BCUT2D eigenvalue weighted by molar-refractivity contribution is 0.0469. The van der Waals surface area contributed by atoms with E-state index < -0.39 is 0 Å². The van der Waals surface area contributed by atoms with Gasteiger partial charge in [0.25, 0.3) is 5.91 Å². The maximum absolute atomic E-state index is 12.6. The summed E-state index contributed by atoms with van der Waals surface area (Å²) in [5, 5.41) is 11.0. The second-order valence-electron chi connectivity index (χ2n) is 6.65. The van der Waals surface area contributed by atoms with Gasteiger partial charge in [0.05, 0.1) is 6.10 Å². The summed E-state index contributed by atoms with van der Waals surface area (Å²) in [7, 11) is 0. The van der Waals surface area contributed by atoms with E-state index in [4.69, 9.17) is 4.42 Å². The molecule has 5 nitrogen and oxygen atoms in total. The summed E-state index contributed by atoms with van der Waals surface area (Å²) in [4.78, 5) is 16.7. The fraction of sp³-hybridized carbons (Fsp3) is 0.500. The van der Waals surface area contributed by atoms with Crippen LogP contribution in [0.25, 0.3) is 11.0 Å². The lowest BCUT2D eigenvalue weighted by Gasteiger charge is -2.35. The highest BCUT2D eigenvalue weighted by Crippen LogP contribution is 2.33. The van der Waals surface area contributed by atoms with E-state index in [2.05, 4.69) is 4.90 Å². The molecule has 1 N–H and O–H groups in total. The fourth-order valence-electron chi connectivity index (χ4n) is 3.27. The van der Waals surface area contributed by atoms with Gasteiger partial charge in [0.2, 0.25) is 0 Å². The summed E-state index contributed by atoms with van der Waals surface area (Å²) in [5.74, 6) is 0.881. The number of hydrogen-bond acceptors (Lipinski definition) is 4. The van der Waals surface area contributed by atoms with E-state index in [-0.39, 0.29) is 12.0 Å². The summed E-state index contributed by atoms with van der Waals surface area (Å²) in [6, 6.07) is 9.50. The SMILES string of the molecule is O=C(c1cc2ccccc2o1)N1CCN(C[C@H](O)C2CC2)CC1. The Bertz CT molecular complexity index is 666. The van der Waals surface area contributed by atoms with Crippen LogP contribution in [-0.4, -0.2) is 59.6 Å². The van der Waals surface area contributed by atoms with Crippen molar-refractivity contribution in [2.45, 2.75) is 18.9 Å². The zero-order valence-electron chi connectivity index (χ0n) is 13.1. The monoisotopic (exact) mass is 314 g/mol. The number of aliphatic hydroxyl groups is 1. The normalized spacial score (nSPS) is 20.8. The second kappa shape index (κ2) is 5.98. The van der Waals surface area contributed by atoms with Gasteiger partial charge in [-0.05, 0) is 30.9 Å². The van der Waals surface area contributed by atoms with Gasteiger partial charge in [-0.3, -0.25) is 9.69 Å². The summed E-state index contributed by atoms with van der Waals surface area (Å²) in [6.45, 7) is 3.74. The number of furan rings is 1. The number of carbonyl (C=O) groups excluding carboxylic acids is 1. The molecule has 2 fully saturated rings. The number of piperazine rings is 1. The van der Waals surface area contributed by atoms with Crippen molar-refractivity contribution in [2.75, 3.05) is 32.7 Å². The minimum absolute atomic E-state index is 0.0383. The Morgan fingerprint density at radius 1 is 1.22 bits per heavy atom. The van der Waals surface area contributed by atoms with E-state index in [1.54, 1.807) is 0 Å². The van der Waals surface area contributed by atoms with Crippen molar-refractivity contribution in [3.8, 4) is 0 Å². The Labute approximate surface area is 135 Å². The highest BCUT2D eigenvalue weighted by molar-refractivity contribution is 5.96. The molecule has 1 aromatic heterocycles. The Kier molecular flexibility index (Phi) is 3.83. The second-order valence-corrected chi connectivity index (χ2v) is 6.65. The minimum Gasteiger partial charge on any atom is -0.451 e. The predicted molar refractivity (Wildman–Crippen MR) is 87.3 cm³/mol. The molecular formula is C18H22N2O3. The zero-order valence-corrected chi connectivity index (χ0v) is 13.1. The average Bonchev–Trinajstić information content (AvgIpc) is 3.34. The number of carbonyl (C=O) groups is 1. The zero-order chi connectivity index (χ0) is 15.8. The van der Waals surface area contributed by atoms with Crippen LogP contribution in [-0.2, 0) is 0 Å². The standard InChI is InChI=1S/C18H22N2O3/c21-15(13-5-6-13)12-19-7-9-20(10-8-19)18(22)17-11-14-3-1-2-4-16(14)23-17/h1-4,11,13,15,21H,5-10,12H2/t15-/m0/s1. The minimum atomic E-state index is -0.201. The summed E-state index contributed by atoms with van der Waals surface area (Å²) in [5.41, 5.74) is 0.752. The van der Waals surface area contributed by atoms with Gasteiger partial charge in [-0.1, -0.05) is 18.2 Å². The Balaban J connectivity index is 1.36. The Morgan fingerprint density at radius 3 is 2.65 bits per heavy atom. The van der Waals surface area contributed by atoms with Crippen LogP contribution in [0.5, 0.6) is 0 Å². The molecule has 0 spiro atoms. The summed E-state index contributed by atoms with van der Waals surface area (Å²) < 4.78 is 5.67. The van der Waals surface area contributed by atoms with Gasteiger partial charge in [-0.2, -0.15) is 0 Å². The fourth-order valence-corrected chi connectivity index (χ4v) is 3.27. The molecule has 0 bridgehead atoms. The topological polar surface area (TPSA) is 56.9 Å². The molecule has 1 atom stereocenters. The van der Waals surface area contributed by atoms with Crippen LogP contribution in [0.3, 0.4) is 0 Å². The van der Waals surface area contributed by atoms with Crippen LogP contribution >= 0.6 is 0 Å². The van der Waals surface area contributed by atoms with Crippen molar-refractivity contribution >= 4 is 16.9 Å². The number of hydrogen-bond donors (Lipinski definition) is 1. The number of aliphatic hydroxyl groups excluding tert-OH is 1. The average molecular weight is 314 g/mol. The highest BCUT2D eigenvalue weighted by Gasteiger charge is 2.32. The first-order valence-electron chi connectivity index (χ1n) is 8.39. The highest BCUT2D eigenvalue weighted by atomic mass is 16.3. The third-order valence-electron chi connectivity index (χ3n) is 4.91. The van der Waals surface area contributed by atoms with E-state index in [0.29, 0.717) is 24.8 Å². The molecule has 1 saturated carbocycles. The molecule has 2 aliphatic rings. The molecule has 5 heteroatoms. The number of rotatable bonds is 4. The van der Waals surface area contributed by atoms with Crippen molar-refractivity contribution in [2.24, 2.45) is 5.92 Å². The first-order valence-corrected chi connectivity index (χ1v) is 8.39. The molecule has 23 heavy (non-hydrogen) atoms. The number of nitrogens with zero attached hydrogens (tertiary/aromatic N) is 2. The molecule has 1 aliphatic heterocycles. The molecule has 0 radical (unpaired) electrons. The molecule has 2 heterocycles. The van der Waals surface area contributed by atoms with Gasteiger partial charge in [-0.25, -0.2) is 0 Å². The molecule has 4 rings (SSSR count). The Morgan fingerprint density at radius 2 is 1.96 bits per heavy atom. The van der Waals surface area contributed by atoms with Crippen LogP contribution in [0.15, 0.2) is 34.7 Å². The maximum Gasteiger partial charge on any atom is 0.289 e. The van der Waals surface area contributed by atoms with Crippen LogP contribution in [0.1, 0.15) is 23.4 Å². The molecule has 122 valence electrons. The van der Waals surface area contributed by atoms with Gasteiger partial charge in [0, 0.05) is 38.1 Å². The van der Waals surface area contributed by atoms with Gasteiger partial charge in [0.1, 0.15) is 5.58 Å². The lowest BCUT2D eigenvalue weighted by atomic mass is 10.2. The Hall–Kier alpha value is -1.85. The van der Waals surface area contributed by atoms with Gasteiger partial charge in [0.15, 0.2) is 5.76 Å². The first-order chi connectivity index (χ1) is 11.2. The molecule has 0 unspecified atom stereocenters.